The summed E-state index contributed by atoms with van der Waals surface area (Å²) >= 11 is 0. The second-order valence-corrected chi connectivity index (χ2v) is 6.70. The molecule has 1 aromatic rings. The number of halogens is 1. The van der Waals surface area contributed by atoms with Gasteiger partial charge in [0.2, 0.25) is 5.91 Å². The van der Waals surface area contributed by atoms with Crippen molar-refractivity contribution >= 4 is 18.3 Å². The van der Waals surface area contributed by atoms with Gasteiger partial charge in [0, 0.05) is 37.2 Å². The molecular weight excluding hydrogens is 328 g/mol. The molecule has 0 atom stereocenters. The van der Waals surface area contributed by atoms with E-state index >= 15 is 0 Å². The van der Waals surface area contributed by atoms with Gasteiger partial charge in [0.05, 0.1) is 0 Å². The molecule has 6 heteroatoms. The van der Waals surface area contributed by atoms with Gasteiger partial charge in [-0.1, -0.05) is 12.1 Å². The molecule has 1 aliphatic carbocycles. The van der Waals surface area contributed by atoms with Crippen molar-refractivity contribution in [3.8, 4) is 11.5 Å². The van der Waals surface area contributed by atoms with Crippen LogP contribution in [-0.4, -0.2) is 43.2 Å². The normalized spacial score (nSPS) is 20.4. The van der Waals surface area contributed by atoms with Crippen molar-refractivity contribution in [2.45, 2.75) is 38.3 Å². The molecule has 0 aromatic heterocycles. The summed E-state index contributed by atoms with van der Waals surface area (Å²) in [5.74, 6) is 2.45. The first-order valence-electron chi connectivity index (χ1n) is 8.71. The molecule has 1 saturated heterocycles. The Balaban J connectivity index is 0.00000169. The average Bonchev–Trinajstić information content (AvgIpc) is 3.45. The minimum atomic E-state index is 0. The van der Waals surface area contributed by atoms with Crippen LogP contribution in [0.15, 0.2) is 18.2 Å². The van der Waals surface area contributed by atoms with Crippen molar-refractivity contribution in [3.63, 3.8) is 0 Å². The number of para-hydroxylation sites is 1. The monoisotopic (exact) mass is 352 g/mol. The van der Waals surface area contributed by atoms with Crippen molar-refractivity contribution in [1.29, 1.82) is 0 Å². The number of hydrogen-bond acceptors (Lipinski definition) is 4. The van der Waals surface area contributed by atoms with Crippen LogP contribution < -0.4 is 14.8 Å². The summed E-state index contributed by atoms with van der Waals surface area (Å²) in [5, 5.41) is 3.62. The number of hydrogen-bond donors (Lipinski definition) is 1. The van der Waals surface area contributed by atoms with Gasteiger partial charge < -0.3 is 19.7 Å². The smallest absolute Gasteiger partial charge is 0.225 e. The molecule has 0 spiro atoms. The van der Waals surface area contributed by atoms with Crippen molar-refractivity contribution < 1.29 is 14.3 Å². The van der Waals surface area contributed by atoms with E-state index in [1.165, 1.54) is 0 Å². The third kappa shape index (κ3) is 3.78. The number of benzene rings is 1. The Morgan fingerprint density at radius 1 is 1.12 bits per heavy atom. The van der Waals surface area contributed by atoms with E-state index in [-0.39, 0.29) is 12.4 Å². The maximum Gasteiger partial charge on any atom is 0.225 e. The first-order valence-corrected chi connectivity index (χ1v) is 8.71. The number of fused-ring (bicyclic) bond motifs is 1. The molecule has 4 rings (SSSR count). The lowest BCUT2D eigenvalue weighted by Crippen LogP contribution is -2.45. The number of amides is 1. The zero-order valence-corrected chi connectivity index (χ0v) is 14.6. The number of ether oxygens (including phenoxy) is 2. The van der Waals surface area contributed by atoms with Gasteiger partial charge in [0.1, 0.15) is 13.2 Å². The van der Waals surface area contributed by atoms with Gasteiger partial charge in [-0.3, -0.25) is 4.79 Å². The maximum absolute atomic E-state index is 12.1. The standard InChI is InChI=1S/C18H24N2O3.ClH/c21-18(13-4-5-13)20-8-6-15(7-9-20)19-12-14-2-1-3-16-17(14)23-11-10-22-16;/h1-3,13,15,19H,4-12H2;1H. The van der Waals surface area contributed by atoms with Crippen LogP contribution >= 0.6 is 12.4 Å². The van der Waals surface area contributed by atoms with Gasteiger partial charge in [-0.2, -0.15) is 0 Å². The number of nitrogens with one attached hydrogen (secondary N) is 1. The fourth-order valence-electron chi connectivity index (χ4n) is 3.42. The number of piperidine rings is 1. The van der Waals surface area contributed by atoms with Crippen molar-refractivity contribution in [3.05, 3.63) is 23.8 Å². The van der Waals surface area contributed by atoms with Crippen LogP contribution in [0.1, 0.15) is 31.2 Å². The largest absolute Gasteiger partial charge is 0.486 e. The van der Waals surface area contributed by atoms with Crippen LogP contribution in [0.25, 0.3) is 0 Å². The molecule has 2 heterocycles. The van der Waals surface area contributed by atoms with Crippen LogP contribution in [0.5, 0.6) is 11.5 Å². The van der Waals surface area contributed by atoms with Crippen molar-refractivity contribution in [2.24, 2.45) is 5.92 Å². The summed E-state index contributed by atoms with van der Waals surface area (Å²) in [6, 6.07) is 6.53. The van der Waals surface area contributed by atoms with Gasteiger partial charge in [0.25, 0.3) is 0 Å². The Labute approximate surface area is 149 Å². The third-order valence-corrected chi connectivity index (χ3v) is 4.96. The zero-order chi connectivity index (χ0) is 15.6. The molecule has 1 aromatic carbocycles. The predicted octanol–water partition coefficient (Wildman–Crippen LogP) is 2.37. The van der Waals surface area contributed by atoms with Gasteiger partial charge in [0.15, 0.2) is 11.5 Å². The van der Waals surface area contributed by atoms with Crippen LogP contribution in [-0.2, 0) is 11.3 Å². The lowest BCUT2D eigenvalue weighted by molar-refractivity contribution is -0.133. The molecule has 1 N–H and O–H groups in total. The van der Waals surface area contributed by atoms with E-state index in [9.17, 15) is 4.79 Å². The lowest BCUT2D eigenvalue weighted by Gasteiger charge is -2.33. The lowest BCUT2D eigenvalue weighted by atomic mass is 10.0. The molecular formula is C18H25ClN2O3. The van der Waals surface area contributed by atoms with Crippen LogP contribution in [0.2, 0.25) is 0 Å². The maximum atomic E-state index is 12.1. The highest BCUT2D eigenvalue weighted by Crippen LogP contribution is 2.34. The van der Waals surface area contributed by atoms with Gasteiger partial charge in [-0.15, -0.1) is 12.4 Å². The minimum Gasteiger partial charge on any atom is -0.486 e. The highest BCUT2D eigenvalue weighted by molar-refractivity contribution is 5.85. The number of carbonyl (C=O) groups is 1. The van der Waals surface area contributed by atoms with Gasteiger partial charge in [-0.25, -0.2) is 0 Å². The van der Waals surface area contributed by atoms with Crippen LogP contribution in [0.4, 0.5) is 0 Å². The molecule has 24 heavy (non-hydrogen) atoms. The van der Waals surface area contributed by atoms with E-state index in [2.05, 4.69) is 16.3 Å². The second-order valence-electron chi connectivity index (χ2n) is 6.70. The molecule has 3 aliphatic rings. The van der Waals surface area contributed by atoms with E-state index in [1.54, 1.807) is 0 Å². The molecule has 1 saturated carbocycles. The minimum absolute atomic E-state index is 0. The van der Waals surface area contributed by atoms with Crippen molar-refractivity contribution in [1.82, 2.24) is 10.2 Å². The number of carbonyl (C=O) groups excluding carboxylic acids is 1. The molecule has 2 fully saturated rings. The van der Waals surface area contributed by atoms with Crippen LogP contribution in [0.3, 0.4) is 0 Å². The van der Waals surface area contributed by atoms with E-state index in [1.807, 2.05) is 12.1 Å². The average molecular weight is 353 g/mol. The first-order chi connectivity index (χ1) is 11.3. The zero-order valence-electron chi connectivity index (χ0n) is 13.8. The Bertz CT molecular complexity index is 584. The SMILES string of the molecule is Cl.O=C(C1CC1)N1CCC(NCc2cccc3c2OCCO3)CC1. The highest BCUT2D eigenvalue weighted by Gasteiger charge is 2.34. The van der Waals surface area contributed by atoms with Gasteiger partial charge >= 0.3 is 0 Å². The molecule has 2 aliphatic heterocycles. The first kappa shape index (κ1) is 17.4. The molecule has 132 valence electrons. The summed E-state index contributed by atoms with van der Waals surface area (Å²) < 4.78 is 11.4. The summed E-state index contributed by atoms with van der Waals surface area (Å²) in [5.41, 5.74) is 1.15. The quantitative estimate of drug-likeness (QED) is 0.903. The summed E-state index contributed by atoms with van der Waals surface area (Å²) in [4.78, 5) is 14.1. The van der Waals surface area contributed by atoms with E-state index in [0.29, 0.717) is 31.1 Å². The Morgan fingerprint density at radius 3 is 2.62 bits per heavy atom. The fourth-order valence-corrected chi connectivity index (χ4v) is 3.42. The number of nitrogens with zero attached hydrogens (tertiary/aromatic N) is 1. The van der Waals surface area contributed by atoms with E-state index < -0.39 is 0 Å². The van der Waals surface area contributed by atoms with E-state index in [0.717, 1.165) is 62.4 Å². The molecule has 0 unspecified atom stereocenters. The predicted molar refractivity (Wildman–Crippen MR) is 93.8 cm³/mol. The molecule has 5 nitrogen and oxygen atoms in total. The summed E-state index contributed by atoms with van der Waals surface area (Å²) in [6.07, 6.45) is 4.26. The Morgan fingerprint density at radius 2 is 1.88 bits per heavy atom. The summed E-state index contributed by atoms with van der Waals surface area (Å²) in [7, 11) is 0. The molecule has 1 amide bonds. The highest BCUT2D eigenvalue weighted by atomic mass is 35.5. The Kier molecular flexibility index (Phi) is 5.51. The number of likely N-dealkylation sites (tertiary alicyclic amines) is 1. The van der Waals surface area contributed by atoms with Crippen LogP contribution in [0, 0.1) is 5.92 Å². The Hall–Kier alpha value is -1.46. The number of rotatable bonds is 4. The van der Waals surface area contributed by atoms with Gasteiger partial charge in [-0.05, 0) is 31.7 Å². The second kappa shape index (κ2) is 7.62. The molecule has 0 bridgehead atoms. The summed E-state index contributed by atoms with van der Waals surface area (Å²) in [6.45, 7) is 3.80. The molecule has 0 radical (unpaired) electrons. The van der Waals surface area contributed by atoms with E-state index in [4.69, 9.17) is 9.47 Å². The fraction of sp³-hybridized carbons (Fsp3) is 0.611. The van der Waals surface area contributed by atoms with Crippen molar-refractivity contribution in [2.75, 3.05) is 26.3 Å². The topological polar surface area (TPSA) is 50.8 Å². The third-order valence-electron chi connectivity index (χ3n) is 4.96.